The minimum atomic E-state index is -1.79. The van der Waals surface area contributed by atoms with Crippen LogP contribution < -0.4 is 5.73 Å². The lowest BCUT2D eigenvalue weighted by Crippen LogP contribution is -2.10. The molecule has 0 amide bonds. The monoisotopic (exact) mass is 256 g/mol. The number of rotatable bonds is 2. The fraction of sp³-hybridized carbons (Fsp3) is 0.250. The molecule has 0 aliphatic carbocycles. The summed E-state index contributed by atoms with van der Waals surface area (Å²) in [6.45, 7) is 2.50. The molecule has 96 valence electrons. The first kappa shape index (κ1) is 12.5. The molecule has 0 unspecified atom stereocenters. The highest BCUT2D eigenvalue weighted by atomic mass is 19.2. The summed E-state index contributed by atoms with van der Waals surface area (Å²) in [5.74, 6) is -2.29. The molecule has 18 heavy (non-hydrogen) atoms. The van der Waals surface area contributed by atoms with E-state index in [0.29, 0.717) is 0 Å². The first-order valence-electron chi connectivity index (χ1n) is 5.20. The molecule has 0 radical (unpaired) electrons. The minimum absolute atomic E-state index is 0.0120. The second kappa shape index (κ2) is 4.04. The second-order valence-electron chi connectivity index (χ2n) is 4.41. The SMILES string of the molecule is CC(C)(F)c1cc(F)c(F)c(-c2cc(N)on2)c1. The Hall–Kier alpha value is -1.98. The molecular weight excluding hydrogens is 245 g/mol. The van der Waals surface area contributed by atoms with E-state index in [4.69, 9.17) is 5.73 Å². The summed E-state index contributed by atoms with van der Waals surface area (Å²) in [6, 6.07) is 3.25. The Morgan fingerprint density at radius 1 is 1.22 bits per heavy atom. The molecule has 2 N–H and O–H groups in total. The normalized spacial score (nSPS) is 11.8. The lowest BCUT2D eigenvalue weighted by molar-refractivity contribution is 0.220. The third kappa shape index (κ3) is 2.18. The first-order chi connectivity index (χ1) is 8.29. The van der Waals surface area contributed by atoms with Gasteiger partial charge in [-0.3, -0.25) is 0 Å². The summed E-state index contributed by atoms with van der Waals surface area (Å²) in [5.41, 5.74) is 3.37. The van der Waals surface area contributed by atoms with Crippen molar-refractivity contribution in [2.24, 2.45) is 0 Å². The second-order valence-corrected chi connectivity index (χ2v) is 4.41. The Kier molecular flexibility index (Phi) is 2.80. The van der Waals surface area contributed by atoms with Crippen LogP contribution in [-0.4, -0.2) is 5.16 Å². The first-order valence-corrected chi connectivity index (χ1v) is 5.20. The van der Waals surface area contributed by atoms with Gasteiger partial charge in [0.25, 0.3) is 0 Å². The van der Waals surface area contributed by atoms with Crippen LogP contribution in [-0.2, 0) is 5.67 Å². The Morgan fingerprint density at radius 3 is 2.39 bits per heavy atom. The van der Waals surface area contributed by atoms with E-state index >= 15 is 0 Å². The zero-order chi connectivity index (χ0) is 13.5. The van der Waals surface area contributed by atoms with E-state index in [0.717, 1.165) is 6.07 Å². The van der Waals surface area contributed by atoms with Crippen molar-refractivity contribution in [3.8, 4) is 11.3 Å². The van der Waals surface area contributed by atoms with Crippen LogP contribution >= 0.6 is 0 Å². The smallest absolute Gasteiger partial charge is 0.222 e. The molecule has 0 bridgehead atoms. The number of hydrogen-bond donors (Lipinski definition) is 1. The van der Waals surface area contributed by atoms with Gasteiger partial charge in [0, 0.05) is 11.6 Å². The predicted octanol–water partition coefficient (Wildman–Crippen LogP) is 3.41. The standard InChI is InChI=1S/C12H11F3N2O/c1-12(2,15)6-3-7(11(14)8(13)4-6)9-5-10(16)18-17-9/h3-5H,16H2,1-2H3. The summed E-state index contributed by atoms with van der Waals surface area (Å²) in [4.78, 5) is 0. The van der Waals surface area contributed by atoms with Crippen LogP contribution in [0.15, 0.2) is 22.7 Å². The Labute approximate surface area is 101 Å². The van der Waals surface area contributed by atoms with Crippen molar-refractivity contribution in [3.63, 3.8) is 0 Å². The molecule has 2 rings (SSSR count). The summed E-state index contributed by atoms with van der Waals surface area (Å²) in [5, 5.41) is 3.48. The highest BCUT2D eigenvalue weighted by Gasteiger charge is 2.24. The molecule has 0 saturated heterocycles. The maximum Gasteiger partial charge on any atom is 0.222 e. The van der Waals surface area contributed by atoms with Crippen LogP contribution in [0.4, 0.5) is 19.1 Å². The molecule has 6 heteroatoms. The van der Waals surface area contributed by atoms with E-state index in [1.54, 1.807) is 0 Å². The summed E-state index contributed by atoms with van der Waals surface area (Å²) in [6.07, 6.45) is 0. The molecule has 0 aliphatic heterocycles. The van der Waals surface area contributed by atoms with Gasteiger partial charge >= 0.3 is 0 Å². The van der Waals surface area contributed by atoms with Crippen molar-refractivity contribution in [1.82, 2.24) is 5.16 Å². The van der Waals surface area contributed by atoms with Crippen LogP contribution in [0.3, 0.4) is 0 Å². The van der Waals surface area contributed by atoms with E-state index < -0.39 is 17.3 Å². The van der Waals surface area contributed by atoms with Crippen LogP contribution in [0.25, 0.3) is 11.3 Å². The number of nitrogens with zero attached hydrogens (tertiary/aromatic N) is 1. The van der Waals surface area contributed by atoms with E-state index in [-0.39, 0.29) is 22.7 Å². The molecule has 0 aliphatic rings. The zero-order valence-electron chi connectivity index (χ0n) is 9.80. The van der Waals surface area contributed by atoms with Gasteiger partial charge < -0.3 is 10.3 Å². The number of anilines is 1. The van der Waals surface area contributed by atoms with Crippen molar-refractivity contribution < 1.29 is 17.7 Å². The van der Waals surface area contributed by atoms with Gasteiger partial charge in [0.1, 0.15) is 11.4 Å². The fourth-order valence-electron chi connectivity index (χ4n) is 1.53. The number of benzene rings is 1. The average Bonchev–Trinajstić information content (AvgIpc) is 2.67. The maximum atomic E-state index is 13.8. The van der Waals surface area contributed by atoms with Crippen molar-refractivity contribution in [2.75, 3.05) is 5.73 Å². The number of alkyl halides is 1. The maximum absolute atomic E-state index is 13.8. The molecule has 2 aromatic rings. The summed E-state index contributed by atoms with van der Waals surface area (Å²) < 4.78 is 45.4. The lowest BCUT2D eigenvalue weighted by atomic mass is 9.96. The van der Waals surface area contributed by atoms with Crippen molar-refractivity contribution in [3.05, 3.63) is 35.4 Å². The minimum Gasteiger partial charge on any atom is -0.368 e. The number of halogens is 3. The predicted molar refractivity (Wildman–Crippen MR) is 60.4 cm³/mol. The molecule has 1 heterocycles. The quantitative estimate of drug-likeness (QED) is 0.895. The van der Waals surface area contributed by atoms with Gasteiger partial charge in [-0.2, -0.15) is 0 Å². The molecule has 1 aromatic heterocycles. The molecule has 1 aromatic carbocycles. The number of hydrogen-bond acceptors (Lipinski definition) is 3. The Morgan fingerprint density at radius 2 is 1.89 bits per heavy atom. The topological polar surface area (TPSA) is 52.0 Å². The Balaban J connectivity index is 2.63. The third-order valence-electron chi connectivity index (χ3n) is 2.52. The van der Waals surface area contributed by atoms with Gasteiger partial charge in [-0.25, -0.2) is 13.2 Å². The molecule has 0 spiro atoms. The third-order valence-corrected chi connectivity index (χ3v) is 2.52. The lowest BCUT2D eigenvalue weighted by Gasteiger charge is -2.16. The zero-order valence-corrected chi connectivity index (χ0v) is 9.80. The van der Waals surface area contributed by atoms with E-state index in [9.17, 15) is 13.2 Å². The summed E-state index contributed by atoms with van der Waals surface area (Å²) >= 11 is 0. The van der Waals surface area contributed by atoms with Crippen LogP contribution in [0.1, 0.15) is 19.4 Å². The number of aromatic nitrogens is 1. The number of nitrogens with two attached hydrogens (primary N) is 1. The van der Waals surface area contributed by atoms with E-state index in [1.807, 2.05) is 0 Å². The summed E-state index contributed by atoms with van der Waals surface area (Å²) in [7, 11) is 0. The van der Waals surface area contributed by atoms with Crippen LogP contribution in [0, 0.1) is 11.6 Å². The van der Waals surface area contributed by atoms with Crippen LogP contribution in [0.2, 0.25) is 0 Å². The molecule has 0 saturated carbocycles. The highest BCUT2D eigenvalue weighted by molar-refractivity contribution is 5.63. The van der Waals surface area contributed by atoms with Crippen LogP contribution in [0.5, 0.6) is 0 Å². The number of nitrogen functional groups attached to an aromatic ring is 1. The van der Waals surface area contributed by atoms with Gasteiger partial charge in [-0.15, -0.1) is 0 Å². The van der Waals surface area contributed by atoms with E-state index in [2.05, 4.69) is 9.68 Å². The van der Waals surface area contributed by atoms with Gasteiger partial charge in [0.05, 0.1) is 0 Å². The average molecular weight is 256 g/mol. The van der Waals surface area contributed by atoms with Gasteiger partial charge in [0.15, 0.2) is 11.6 Å². The van der Waals surface area contributed by atoms with Gasteiger partial charge in [0.2, 0.25) is 5.88 Å². The van der Waals surface area contributed by atoms with Crippen molar-refractivity contribution >= 4 is 5.88 Å². The fourth-order valence-corrected chi connectivity index (χ4v) is 1.53. The largest absolute Gasteiger partial charge is 0.368 e. The molecule has 0 atom stereocenters. The molecule has 3 nitrogen and oxygen atoms in total. The molecule has 0 fully saturated rings. The molecular formula is C12H11F3N2O. The van der Waals surface area contributed by atoms with Crippen molar-refractivity contribution in [2.45, 2.75) is 19.5 Å². The van der Waals surface area contributed by atoms with E-state index in [1.165, 1.54) is 26.0 Å². The van der Waals surface area contributed by atoms with Gasteiger partial charge in [-0.05, 0) is 31.5 Å². The highest BCUT2D eigenvalue weighted by Crippen LogP contribution is 2.32. The Bertz CT molecular complexity index is 587. The van der Waals surface area contributed by atoms with Crippen molar-refractivity contribution in [1.29, 1.82) is 0 Å². The van der Waals surface area contributed by atoms with Gasteiger partial charge in [-0.1, -0.05) is 5.16 Å².